The van der Waals surface area contributed by atoms with E-state index in [9.17, 15) is 9.59 Å². The Morgan fingerprint density at radius 1 is 1.56 bits per heavy atom. The van der Waals surface area contributed by atoms with Gasteiger partial charge in [0.15, 0.2) is 18.1 Å². The molecule has 0 fully saturated rings. The van der Waals surface area contributed by atoms with Gasteiger partial charge < -0.3 is 14.6 Å². The number of carboxylic acid groups (broad SMARTS) is 1. The van der Waals surface area contributed by atoms with Crippen molar-refractivity contribution in [1.82, 2.24) is 0 Å². The first kappa shape index (κ1) is 12.8. The Labute approximate surface area is 105 Å². The fourth-order valence-corrected chi connectivity index (χ4v) is 1.86. The van der Waals surface area contributed by atoms with E-state index in [2.05, 4.69) is 0 Å². The van der Waals surface area contributed by atoms with Crippen LogP contribution in [0.4, 0.5) is 0 Å². The molecule has 16 heavy (non-hydrogen) atoms. The Balaban J connectivity index is 3.06. The second kappa shape index (κ2) is 5.69. The normalized spacial score (nSPS) is 9.62. The minimum Gasteiger partial charge on any atom is -0.493 e. The van der Waals surface area contributed by atoms with Gasteiger partial charge in [-0.3, -0.25) is 4.79 Å². The molecule has 0 saturated carbocycles. The number of ether oxygens (including phenoxy) is 2. The Bertz CT molecular complexity index is 416. The molecule has 1 aromatic carbocycles. The summed E-state index contributed by atoms with van der Waals surface area (Å²) in [4.78, 5) is 21.0. The van der Waals surface area contributed by atoms with Gasteiger partial charge in [0.05, 0.1) is 10.7 Å². The first-order chi connectivity index (χ1) is 7.58. The van der Waals surface area contributed by atoms with Gasteiger partial charge in [0.1, 0.15) is 6.29 Å². The lowest BCUT2D eigenvalue weighted by molar-refractivity contribution is -0.139. The van der Waals surface area contributed by atoms with Gasteiger partial charge >= 0.3 is 5.97 Å². The number of aldehydes is 1. The smallest absolute Gasteiger partial charge is 0.341 e. The number of carboxylic acids is 1. The van der Waals surface area contributed by atoms with Crippen LogP contribution >= 0.6 is 22.6 Å². The summed E-state index contributed by atoms with van der Waals surface area (Å²) in [6.45, 7) is -0.452. The van der Waals surface area contributed by atoms with Crippen molar-refractivity contribution in [2.75, 3.05) is 13.7 Å². The van der Waals surface area contributed by atoms with Crippen LogP contribution in [0.1, 0.15) is 10.4 Å². The highest BCUT2D eigenvalue weighted by Crippen LogP contribution is 2.33. The molecule has 86 valence electrons. The summed E-state index contributed by atoms with van der Waals surface area (Å²) in [5.74, 6) is -0.399. The molecule has 6 heteroatoms. The van der Waals surface area contributed by atoms with Crippen LogP contribution in [-0.4, -0.2) is 31.1 Å². The lowest BCUT2D eigenvalue weighted by atomic mass is 10.2. The summed E-state index contributed by atoms with van der Waals surface area (Å²) in [6, 6.07) is 3.08. The monoisotopic (exact) mass is 336 g/mol. The summed E-state index contributed by atoms with van der Waals surface area (Å²) in [5, 5.41) is 8.51. The molecule has 0 saturated heterocycles. The number of halogens is 1. The topological polar surface area (TPSA) is 72.8 Å². The molecule has 0 amide bonds. The maximum Gasteiger partial charge on any atom is 0.341 e. The largest absolute Gasteiger partial charge is 0.493 e. The predicted octanol–water partition coefficient (Wildman–Crippen LogP) is 1.58. The molecule has 1 N–H and O–H groups in total. The molecule has 0 spiro atoms. The van der Waals surface area contributed by atoms with E-state index >= 15 is 0 Å². The third-order valence-corrected chi connectivity index (χ3v) is 2.53. The summed E-state index contributed by atoms with van der Waals surface area (Å²) < 4.78 is 10.7. The van der Waals surface area contributed by atoms with Crippen LogP contribution in [0.15, 0.2) is 12.1 Å². The van der Waals surface area contributed by atoms with E-state index < -0.39 is 12.6 Å². The van der Waals surface area contributed by atoms with Crippen molar-refractivity contribution < 1.29 is 24.2 Å². The van der Waals surface area contributed by atoms with Crippen molar-refractivity contribution in [3.63, 3.8) is 0 Å². The minimum atomic E-state index is -1.07. The Morgan fingerprint density at radius 3 is 2.75 bits per heavy atom. The van der Waals surface area contributed by atoms with Crippen LogP contribution in [-0.2, 0) is 4.79 Å². The predicted molar refractivity (Wildman–Crippen MR) is 64.2 cm³/mol. The molecule has 0 aromatic heterocycles. The van der Waals surface area contributed by atoms with E-state index in [0.29, 0.717) is 26.9 Å². The summed E-state index contributed by atoms with van der Waals surface area (Å²) in [5.41, 5.74) is 0.448. The highest BCUT2D eigenvalue weighted by atomic mass is 127. The number of carbonyl (C=O) groups is 2. The van der Waals surface area contributed by atoms with Gasteiger partial charge in [-0.1, -0.05) is 0 Å². The quantitative estimate of drug-likeness (QED) is 0.653. The van der Waals surface area contributed by atoms with Crippen molar-refractivity contribution in [3.05, 3.63) is 21.3 Å². The second-order valence-corrected chi connectivity index (χ2v) is 4.00. The van der Waals surface area contributed by atoms with Crippen molar-refractivity contribution in [1.29, 1.82) is 0 Å². The molecule has 0 heterocycles. The fourth-order valence-electron chi connectivity index (χ4n) is 1.08. The van der Waals surface area contributed by atoms with Gasteiger partial charge in [0.2, 0.25) is 0 Å². The van der Waals surface area contributed by atoms with E-state index in [1.165, 1.54) is 13.2 Å². The molecule has 5 nitrogen and oxygen atoms in total. The number of hydrogen-bond acceptors (Lipinski definition) is 4. The average Bonchev–Trinajstić information content (AvgIpc) is 2.26. The SMILES string of the molecule is COc1cc(C=O)cc(I)c1OCC(=O)O. The molecule has 0 bridgehead atoms. The van der Waals surface area contributed by atoms with E-state index in [-0.39, 0.29) is 0 Å². The zero-order valence-corrected chi connectivity index (χ0v) is 10.6. The Kier molecular flexibility index (Phi) is 4.53. The van der Waals surface area contributed by atoms with E-state index in [0.717, 1.165) is 0 Å². The van der Waals surface area contributed by atoms with Crippen molar-refractivity contribution >= 4 is 34.8 Å². The van der Waals surface area contributed by atoms with Crippen LogP contribution in [0.3, 0.4) is 0 Å². The summed E-state index contributed by atoms with van der Waals surface area (Å²) in [6.07, 6.45) is 0.686. The van der Waals surface area contributed by atoms with Crippen molar-refractivity contribution in [3.8, 4) is 11.5 Å². The number of carbonyl (C=O) groups excluding carboxylic acids is 1. The van der Waals surface area contributed by atoms with E-state index in [4.69, 9.17) is 14.6 Å². The first-order valence-corrected chi connectivity index (χ1v) is 5.33. The number of hydrogen-bond donors (Lipinski definition) is 1. The Morgan fingerprint density at radius 2 is 2.25 bits per heavy atom. The number of aliphatic carboxylic acids is 1. The van der Waals surface area contributed by atoms with E-state index in [1.807, 2.05) is 22.6 Å². The van der Waals surface area contributed by atoms with Crippen LogP contribution in [0.5, 0.6) is 11.5 Å². The van der Waals surface area contributed by atoms with E-state index in [1.54, 1.807) is 6.07 Å². The standard InChI is InChI=1S/C10H9IO5/c1-15-8-3-6(4-12)2-7(11)10(8)16-5-9(13)14/h2-4H,5H2,1H3,(H,13,14). The van der Waals surface area contributed by atoms with Crippen LogP contribution < -0.4 is 9.47 Å². The van der Waals surface area contributed by atoms with Crippen LogP contribution in [0.25, 0.3) is 0 Å². The summed E-state index contributed by atoms with van der Waals surface area (Å²) in [7, 11) is 1.42. The van der Waals surface area contributed by atoms with Crippen molar-refractivity contribution in [2.45, 2.75) is 0 Å². The van der Waals surface area contributed by atoms with Gasteiger partial charge in [0, 0.05) is 5.56 Å². The molecule has 0 radical (unpaired) electrons. The molecule has 0 unspecified atom stereocenters. The molecule has 1 aromatic rings. The third-order valence-electron chi connectivity index (χ3n) is 1.73. The second-order valence-electron chi connectivity index (χ2n) is 2.83. The molecular formula is C10H9IO5. The lowest BCUT2D eigenvalue weighted by Gasteiger charge is -2.11. The van der Waals surface area contributed by atoms with Crippen LogP contribution in [0, 0.1) is 3.57 Å². The van der Waals surface area contributed by atoms with Crippen LogP contribution in [0.2, 0.25) is 0 Å². The number of methoxy groups -OCH3 is 1. The Hall–Kier alpha value is -1.31. The number of benzene rings is 1. The maximum atomic E-state index is 10.6. The minimum absolute atomic E-state index is 0.330. The molecular weight excluding hydrogens is 327 g/mol. The highest BCUT2D eigenvalue weighted by Gasteiger charge is 2.12. The lowest BCUT2D eigenvalue weighted by Crippen LogP contribution is -2.11. The molecule has 0 atom stereocenters. The van der Waals surface area contributed by atoms with Gasteiger partial charge in [-0.25, -0.2) is 4.79 Å². The van der Waals surface area contributed by atoms with Gasteiger partial charge in [-0.2, -0.15) is 0 Å². The van der Waals surface area contributed by atoms with Crippen molar-refractivity contribution in [2.24, 2.45) is 0 Å². The number of rotatable bonds is 5. The van der Waals surface area contributed by atoms with Gasteiger partial charge in [-0.05, 0) is 34.7 Å². The first-order valence-electron chi connectivity index (χ1n) is 4.25. The third kappa shape index (κ3) is 3.09. The molecule has 0 aliphatic rings. The highest BCUT2D eigenvalue weighted by molar-refractivity contribution is 14.1. The van der Waals surface area contributed by atoms with Gasteiger partial charge in [0.25, 0.3) is 0 Å². The average molecular weight is 336 g/mol. The van der Waals surface area contributed by atoms with Gasteiger partial charge in [-0.15, -0.1) is 0 Å². The fraction of sp³-hybridized carbons (Fsp3) is 0.200. The zero-order valence-electron chi connectivity index (χ0n) is 8.40. The summed E-state index contributed by atoms with van der Waals surface area (Å²) >= 11 is 1.95. The molecule has 0 aliphatic heterocycles. The zero-order chi connectivity index (χ0) is 12.1. The maximum absolute atomic E-state index is 10.6. The molecule has 0 aliphatic carbocycles. The molecule has 1 rings (SSSR count).